The summed E-state index contributed by atoms with van der Waals surface area (Å²) in [6.45, 7) is 4.82. The normalized spacial score (nSPS) is 14.0. The van der Waals surface area contributed by atoms with E-state index >= 15 is 0 Å². The molecular formula is C21H21IN6O. The molecule has 0 spiro atoms. The molecule has 1 fully saturated rings. The van der Waals surface area contributed by atoms with Crippen molar-refractivity contribution in [2.75, 3.05) is 36.4 Å². The predicted octanol–water partition coefficient (Wildman–Crippen LogP) is 3.49. The molecule has 1 aliphatic rings. The second-order valence-electron chi connectivity index (χ2n) is 6.91. The Bertz CT molecular complexity index is 1000. The van der Waals surface area contributed by atoms with Gasteiger partial charge in [0.25, 0.3) is 5.91 Å². The average molecular weight is 500 g/mol. The molecule has 3 aromatic rings. The van der Waals surface area contributed by atoms with E-state index in [1.807, 2.05) is 60.4 Å². The van der Waals surface area contributed by atoms with Crippen LogP contribution in [0.1, 0.15) is 15.9 Å². The van der Waals surface area contributed by atoms with Crippen LogP contribution >= 0.6 is 22.6 Å². The number of nitrogens with one attached hydrogen (secondary N) is 1. The van der Waals surface area contributed by atoms with Crippen molar-refractivity contribution in [1.82, 2.24) is 20.1 Å². The minimum Gasteiger partial charge on any atom is -0.352 e. The molecule has 0 atom stereocenters. The van der Waals surface area contributed by atoms with E-state index in [0.29, 0.717) is 18.9 Å². The van der Waals surface area contributed by atoms with Crippen LogP contribution in [-0.2, 0) is 0 Å². The van der Waals surface area contributed by atoms with Gasteiger partial charge in [0.2, 0.25) is 0 Å². The fourth-order valence-corrected chi connectivity index (χ4v) is 3.78. The summed E-state index contributed by atoms with van der Waals surface area (Å²) in [6.07, 6.45) is 1.76. The lowest BCUT2D eigenvalue weighted by Crippen LogP contribution is -2.49. The SMILES string of the molecule is Cc1ccnc(Nc2ccc(N3CCN(C(=O)c4cccc(I)c4)CC3)nn2)c1. The molecule has 7 nitrogen and oxygen atoms in total. The Morgan fingerprint density at radius 3 is 2.52 bits per heavy atom. The summed E-state index contributed by atoms with van der Waals surface area (Å²) in [5, 5.41) is 11.8. The van der Waals surface area contributed by atoms with E-state index < -0.39 is 0 Å². The summed E-state index contributed by atoms with van der Waals surface area (Å²) < 4.78 is 1.07. The van der Waals surface area contributed by atoms with Crippen LogP contribution in [-0.4, -0.2) is 52.2 Å². The van der Waals surface area contributed by atoms with Gasteiger partial charge in [-0.2, -0.15) is 0 Å². The molecule has 0 unspecified atom stereocenters. The highest BCUT2D eigenvalue weighted by atomic mass is 127. The minimum absolute atomic E-state index is 0.0828. The smallest absolute Gasteiger partial charge is 0.254 e. The fraction of sp³-hybridized carbons (Fsp3) is 0.238. The largest absolute Gasteiger partial charge is 0.352 e. The number of carbonyl (C=O) groups excluding carboxylic acids is 1. The maximum Gasteiger partial charge on any atom is 0.254 e. The minimum atomic E-state index is 0.0828. The molecule has 29 heavy (non-hydrogen) atoms. The fourth-order valence-electron chi connectivity index (χ4n) is 3.24. The number of halogens is 1. The monoisotopic (exact) mass is 500 g/mol. The second-order valence-corrected chi connectivity index (χ2v) is 8.16. The van der Waals surface area contributed by atoms with Crippen molar-refractivity contribution in [3.8, 4) is 0 Å². The first-order valence-corrected chi connectivity index (χ1v) is 10.5. The van der Waals surface area contributed by atoms with E-state index in [9.17, 15) is 4.79 Å². The topological polar surface area (TPSA) is 74.2 Å². The van der Waals surface area contributed by atoms with Gasteiger partial charge in [0.05, 0.1) is 0 Å². The molecule has 4 rings (SSSR count). The second kappa shape index (κ2) is 8.73. The van der Waals surface area contributed by atoms with Gasteiger partial charge in [-0.05, 0) is 77.5 Å². The number of hydrogen-bond donors (Lipinski definition) is 1. The Morgan fingerprint density at radius 1 is 1.00 bits per heavy atom. The maximum atomic E-state index is 12.7. The molecular weight excluding hydrogens is 479 g/mol. The lowest BCUT2D eigenvalue weighted by Gasteiger charge is -2.35. The van der Waals surface area contributed by atoms with E-state index in [1.165, 1.54) is 0 Å². The van der Waals surface area contributed by atoms with Crippen LogP contribution in [0.4, 0.5) is 17.5 Å². The van der Waals surface area contributed by atoms with Crippen LogP contribution in [0.15, 0.2) is 54.7 Å². The Hall–Kier alpha value is -2.75. The average Bonchev–Trinajstić information content (AvgIpc) is 2.74. The highest BCUT2D eigenvalue weighted by Gasteiger charge is 2.23. The first kappa shape index (κ1) is 19.6. The zero-order valence-electron chi connectivity index (χ0n) is 16.0. The summed E-state index contributed by atoms with van der Waals surface area (Å²) in [5.41, 5.74) is 1.87. The first-order valence-electron chi connectivity index (χ1n) is 9.42. The third-order valence-corrected chi connectivity index (χ3v) is 5.46. The molecule has 0 radical (unpaired) electrons. The van der Waals surface area contributed by atoms with Gasteiger partial charge in [0.1, 0.15) is 5.82 Å². The molecule has 3 heterocycles. The molecule has 1 N–H and O–H groups in total. The van der Waals surface area contributed by atoms with Crippen LogP contribution < -0.4 is 10.2 Å². The summed E-state index contributed by atoms with van der Waals surface area (Å²) in [4.78, 5) is 21.0. The van der Waals surface area contributed by atoms with Crippen molar-refractivity contribution in [1.29, 1.82) is 0 Å². The van der Waals surface area contributed by atoms with Gasteiger partial charge in [-0.15, -0.1) is 10.2 Å². The van der Waals surface area contributed by atoms with Crippen molar-refractivity contribution >= 4 is 46.0 Å². The number of nitrogens with zero attached hydrogens (tertiary/aromatic N) is 5. The highest BCUT2D eigenvalue weighted by molar-refractivity contribution is 14.1. The van der Waals surface area contributed by atoms with Crippen molar-refractivity contribution in [2.45, 2.75) is 6.92 Å². The predicted molar refractivity (Wildman–Crippen MR) is 122 cm³/mol. The number of pyridine rings is 1. The maximum absolute atomic E-state index is 12.7. The standard InChI is InChI=1S/C21H21IN6O/c1-15-7-8-23-19(13-15)24-18-5-6-20(26-25-18)27-9-11-28(12-10-27)21(29)16-3-2-4-17(22)14-16/h2-8,13-14H,9-12H2,1H3,(H,23,24,25). The quantitative estimate of drug-likeness (QED) is 0.553. The number of aryl methyl sites for hydroxylation is 1. The van der Waals surface area contributed by atoms with Crippen LogP contribution in [0, 0.1) is 10.5 Å². The van der Waals surface area contributed by atoms with Gasteiger partial charge in [0.15, 0.2) is 11.6 Å². The Balaban J connectivity index is 1.35. The van der Waals surface area contributed by atoms with Gasteiger partial charge in [-0.3, -0.25) is 4.79 Å². The number of aromatic nitrogens is 3. The van der Waals surface area contributed by atoms with Gasteiger partial charge in [0, 0.05) is 41.5 Å². The van der Waals surface area contributed by atoms with Crippen molar-refractivity contribution in [2.24, 2.45) is 0 Å². The van der Waals surface area contributed by atoms with Gasteiger partial charge >= 0.3 is 0 Å². The van der Waals surface area contributed by atoms with Crippen LogP contribution in [0.3, 0.4) is 0 Å². The van der Waals surface area contributed by atoms with Crippen molar-refractivity contribution in [3.05, 3.63) is 69.4 Å². The summed E-state index contributed by atoms with van der Waals surface area (Å²) >= 11 is 2.23. The number of benzene rings is 1. The summed E-state index contributed by atoms with van der Waals surface area (Å²) in [5.74, 6) is 2.29. The zero-order valence-corrected chi connectivity index (χ0v) is 18.2. The molecule has 148 valence electrons. The number of carbonyl (C=O) groups is 1. The third kappa shape index (κ3) is 4.81. The van der Waals surface area contributed by atoms with E-state index in [1.54, 1.807) is 6.20 Å². The van der Waals surface area contributed by atoms with Crippen LogP contribution in [0.2, 0.25) is 0 Å². The molecule has 2 aromatic heterocycles. The summed E-state index contributed by atoms with van der Waals surface area (Å²) in [7, 11) is 0. The number of rotatable bonds is 4. The summed E-state index contributed by atoms with van der Waals surface area (Å²) in [6, 6.07) is 15.5. The first-order chi connectivity index (χ1) is 14.1. The van der Waals surface area contributed by atoms with Crippen molar-refractivity contribution in [3.63, 3.8) is 0 Å². The highest BCUT2D eigenvalue weighted by Crippen LogP contribution is 2.18. The van der Waals surface area contributed by atoms with Gasteiger partial charge in [-0.25, -0.2) is 4.98 Å². The molecule has 0 bridgehead atoms. The Morgan fingerprint density at radius 2 is 1.83 bits per heavy atom. The molecule has 8 heteroatoms. The van der Waals surface area contributed by atoms with E-state index in [-0.39, 0.29) is 5.91 Å². The lowest BCUT2D eigenvalue weighted by molar-refractivity contribution is 0.0746. The molecule has 1 amide bonds. The Labute approximate surface area is 183 Å². The Kier molecular flexibility index (Phi) is 5.89. The number of amides is 1. The van der Waals surface area contributed by atoms with Crippen LogP contribution in [0.25, 0.3) is 0 Å². The molecule has 0 aliphatic carbocycles. The van der Waals surface area contributed by atoms with Gasteiger partial charge in [-0.1, -0.05) is 6.07 Å². The number of hydrogen-bond acceptors (Lipinski definition) is 6. The molecule has 1 aliphatic heterocycles. The van der Waals surface area contributed by atoms with Crippen molar-refractivity contribution < 1.29 is 4.79 Å². The van der Waals surface area contributed by atoms with E-state index in [0.717, 1.165) is 39.4 Å². The zero-order chi connectivity index (χ0) is 20.2. The molecule has 0 saturated carbocycles. The number of piperazine rings is 1. The molecule has 1 aromatic carbocycles. The van der Waals surface area contributed by atoms with Crippen LogP contribution in [0.5, 0.6) is 0 Å². The lowest BCUT2D eigenvalue weighted by atomic mass is 10.2. The van der Waals surface area contributed by atoms with E-state index in [2.05, 4.69) is 48.0 Å². The third-order valence-electron chi connectivity index (χ3n) is 4.78. The van der Waals surface area contributed by atoms with Gasteiger partial charge < -0.3 is 15.1 Å². The van der Waals surface area contributed by atoms with E-state index in [4.69, 9.17) is 0 Å². The molecule has 1 saturated heterocycles. The number of anilines is 3.